The summed E-state index contributed by atoms with van der Waals surface area (Å²) in [4.78, 5) is 19.4. The Balaban J connectivity index is 1.95. The number of alkyl halides is 3. The van der Waals surface area contributed by atoms with Gasteiger partial charge in [-0.3, -0.25) is 9.62 Å². The number of nitrogens with zero attached hydrogens (tertiary/aromatic N) is 3. The van der Waals surface area contributed by atoms with E-state index in [2.05, 4.69) is 30.7 Å². The minimum atomic E-state index is -4.77. The Labute approximate surface area is 224 Å². The van der Waals surface area contributed by atoms with Gasteiger partial charge in [-0.1, -0.05) is 6.07 Å². The third kappa shape index (κ3) is 7.25. The Kier molecular flexibility index (Phi) is 9.16. The fourth-order valence-electron chi connectivity index (χ4n) is 3.45. The minimum absolute atomic E-state index is 0.178. The normalized spacial score (nSPS) is 11.9. The summed E-state index contributed by atoms with van der Waals surface area (Å²) in [5.74, 6) is -1.05. The first-order valence-electron chi connectivity index (χ1n) is 11.2. The van der Waals surface area contributed by atoms with Gasteiger partial charge >= 0.3 is 12.3 Å². The van der Waals surface area contributed by atoms with Gasteiger partial charge < -0.3 is 20.1 Å². The molecule has 2 aromatic carbocycles. The van der Waals surface area contributed by atoms with Crippen LogP contribution in [-0.2, 0) is 28.4 Å². The van der Waals surface area contributed by atoms with Crippen molar-refractivity contribution in [2.24, 2.45) is 0 Å². The number of aryl methyl sites for hydroxylation is 1. The van der Waals surface area contributed by atoms with Crippen LogP contribution in [0.3, 0.4) is 0 Å². The lowest BCUT2D eigenvalue weighted by molar-refractivity contribution is -0.137. The number of benzene rings is 2. The number of amides is 1. The Morgan fingerprint density at radius 2 is 1.87 bits per heavy atom. The standard InChI is InChI=1S/C24H26F4N6O4S/c1-13-8-18(20(37-3)10-17(13)32-23(35)38-4)31-22-30-12-16(24(26,27)28)21(33-22)29-11-14-6-7-15(25)9-19(14)34(2)39(5)36/h6-10,12H,11H2,1-5H3,(H,32,35)(H2,29,30,31,33). The molecule has 0 saturated carbocycles. The second-order valence-electron chi connectivity index (χ2n) is 8.11. The van der Waals surface area contributed by atoms with E-state index in [1.165, 1.54) is 44.0 Å². The lowest BCUT2D eigenvalue weighted by Crippen LogP contribution is -2.21. The molecule has 15 heteroatoms. The number of nitrogens with one attached hydrogen (secondary N) is 3. The van der Waals surface area contributed by atoms with Crippen molar-refractivity contribution in [1.29, 1.82) is 0 Å². The van der Waals surface area contributed by atoms with Crippen LogP contribution < -0.4 is 25.0 Å². The average Bonchev–Trinajstić information content (AvgIpc) is 2.88. The zero-order valence-corrected chi connectivity index (χ0v) is 22.4. The summed E-state index contributed by atoms with van der Waals surface area (Å²) < 4.78 is 78.2. The van der Waals surface area contributed by atoms with Gasteiger partial charge in [0, 0.05) is 32.1 Å². The Hall–Kier alpha value is -4.14. The maximum atomic E-state index is 13.8. The maximum Gasteiger partial charge on any atom is 0.421 e. The van der Waals surface area contributed by atoms with Crippen molar-refractivity contribution < 1.29 is 36.0 Å². The van der Waals surface area contributed by atoms with Crippen molar-refractivity contribution in [1.82, 2.24) is 9.97 Å². The van der Waals surface area contributed by atoms with Crippen molar-refractivity contribution in [3.05, 3.63) is 59.0 Å². The van der Waals surface area contributed by atoms with E-state index in [4.69, 9.17) is 4.74 Å². The number of anilines is 5. The molecule has 1 amide bonds. The monoisotopic (exact) mass is 570 g/mol. The molecule has 0 radical (unpaired) electrons. The fraction of sp³-hybridized carbons (Fsp3) is 0.292. The molecule has 1 aromatic heterocycles. The smallest absolute Gasteiger partial charge is 0.421 e. The molecule has 0 spiro atoms. The summed E-state index contributed by atoms with van der Waals surface area (Å²) in [6, 6.07) is 6.76. The fourth-order valence-corrected chi connectivity index (χ4v) is 3.90. The van der Waals surface area contributed by atoms with Crippen LogP contribution in [0.25, 0.3) is 0 Å². The van der Waals surface area contributed by atoms with Crippen LogP contribution in [0.2, 0.25) is 0 Å². The Morgan fingerprint density at radius 1 is 1.15 bits per heavy atom. The van der Waals surface area contributed by atoms with Crippen molar-refractivity contribution in [2.75, 3.05) is 47.8 Å². The predicted molar refractivity (Wildman–Crippen MR) is 140 cm³/mol. The first-order valence-corrected chi connectivity index (χ1v) is 12.7. The summed E-state index contributed by atoms with van der Waals surface area (Å²) in [5, 5.41) is 8.01. The van der Waals surface area contributed by atoms with E-state index < -0.39 is 40.5 Å². The van der Waals surface area contributed by atoms with E-state index in [0.29, 0.717) is 28.7 Å². The van der Waals surface area contributed by atoms with Gasteiger partial charge in [0.1, 0.15) is 33.9 Å². The van der Waals surface area contributed by atoms with Gasteiger partial charge in [0.2, 0.25) is 5.95 Å². The number of hydrogen-bond acceptors (Lipinski definition) is 8. The van der Waals surface area contributed by atoms with Crippen LogP contribution in [0.4, 0.5) is 51.2 Å². The van der Waals surface area contributed by atoms with Crippen molar-refractivity contribution in [3.8, 4) is 5.75 Å². The number of halogens is 4. The third-order valence-corrected chi connectivity index (χ3v) is 6.50. The summed E-state index contributed by atoms with van der Waals surface area (Å²) in [6.45, 7) is 1.50. The summed E-state index contributed by atoms with van der Waals surface area (Å²) in [7, 11) is 2.56. The van der Waals surface area contributed by atoms with Crippen LogP contribution in [0.5, 0.6) is 5.75 Å². The van der Waals surface area contributed by atoms with Gasteiger partial charge in [0.15, 0.2) is 0 Å². The molecular formula is C24H26F4N6O4S. The molecule has 3 rings (SSSR count). The quantitative estimate of drug-likeness (QED) is 0.300. The Morgan fingerprint density at radius 3 is 2.49 bits per heavy atom. The molecule has 39 heavy (non-hydrogen) atoms. The highest BCUT2D eigenvalue weighted by Gasteiger charge is 2.35. The molecule has 0 aliphatic carbocycles. The molecule has 3 aromatic rings. The number of ether oxygens (including phenoxy) is 2. The third-order valence-electron chi connectivity index (χ3n) is 5.53. The van der Waals surface area contributed by atoms with Crippen molar-refractivity contribution in [2.45, 2.75) is 19.6 Å². The number of carbonyl (C=O) groups excluding carboxylic acids is 1. The van der Waals surface area contributed by atoms with Gasteiger partial charge in [0.05, 0.1) is 31.3 Å². The summed E-state index contributed by atoms with van der Waals surface area (Å²) >= 11 is 0. The highest BCUT2D eigenvalue weighted by molar-refractivity contribution is 7.85. The maximum absolute atomic E-state index is 13.8. The van der Waals surface area contributed by atoms with Gasteiger partial charge in [0.25, 0.3) is 0 Å². The number of aromatic nitrogens is 2. The second kappa shape index (κ2) is 12.1. The average molecular weight is 571 g/mol. The topological polar surface area (TPSA) is 118 Å². The van der Waals surface area contributed by atoms with Crippen molar-refractivity contribution in [3.63, 3.8) is 0 Å². The van der Waals surface area contributed by atoms with Crippen LogP contribution in [0.15, 0.2) is 36.5 Å². The van der Waals surface area contributed by atoms with E-state index in [-0.39, 0.29) is 23.9 Å². The minimum Gasteiger partial charge on any atom is -0.494 e. The molecular weight excluding hydrogens is 544 g/mol. The van der Waals surface area contributed by atoms with E-state index >= 15 is 0 Å². The molecule has 10 nitrogen and oxygen atoms in total. The molecule has 0 aliphatic heterocycles. The van der Waals surface area contributed by atoms with Gasteiger partial charge in [-0.05, 0) is 36.2 Å². The number of methoxy groups -OCH3 is 2. The summed E-state index contributed by atoms with van der Waals surface area (Å²) in [5.41, 5.74) is 0.823. The molecule has 0 fully saturated rings. The molecule has 1 atom stereocenters. The zero-order valence-electron chi connectivity index (χ0n) is 21.6. The predicted octanol–water partition coefficient (Wildman–Crippen LogP) is 5.22. The van der Waals surface area contributed by atoms with Crippen LogP contribution in [0.1, 0.15) is 16.7 Å². The first kappa shape index (κ1) is 29.4. The summed E-state index contributed by atoms with van der Waals surface area (Å²) in [6.07, 6.45) is -3.45. The molecule has 0 saturated heterocycles. The largest absolute Gasteiger partial charge is 0.494 e. The van der Waals surface area contributed by atoms with Crippen LogP contribution in [-0.4, -0.2) is 47.8 Å². The molecule has 210 valence electrons. The molecule has 1 unspecified atom stereocenters. The molecule has 0 bridgehead atoms. The number of rotatable bonds is 9. The first-order chi connectivity index (χ1) is 18.3. The van der Waals surface area contributed by atoms with Gasteiger partial charge in [-0.25, -0.2) is 18.4 Å². The second-order valence-corrected chi connectivity index (χ2v) is 9.51. The Bertz CT molecular complexity index is 1390. The number of hydrogen-bond donors (Lipinski definition) is 3. The molecule has 3 N–H and O–H groups in total. The molecule has 0 aliphatic rings. The van der Waals surface area contributed by atoms with Crippen LogP contribution >= 0.6 is 0 Å². The van der Waals surface area contributed by atoms with Crippen LogP contribution in [0, 0.1) is 12.7 Å². The highest BCUT2D eigenvalue weighted by Crippen LogP contribution is 2.36. The van der Waals surface area contributed by atoms with E-state index in [0.717, 1.165) is 12.1 Å². The molecule has 1 heterocycles. The zero-order chi connectivity index (χ0) is 28.9. The lowest BCUT2D eigenvalue weighted by Gasteiger charge is -2.21. The van der Waals surface area contributed by atoms with E-state index in [9.17, 15) is 26.6 Å². The number of carbonyl (C=O) groups is 1. The lowest BCUT2D eigenvalue weighted by atomic mass is 10.1. The van der Waals surface area contributed by atoms with E-state index in [1.54, 1.807) is 13.0 Å². The van der Waals surface area contributed by atoms with E-state index in [1.807, 2.05) is 0 Å². The van der Waals surface area contributed by atoms with Gasteiger partial charge in [-0.15, -0.1) is 0 Å². The highest BCUT2D eigenvalue weighted by atomic mass is 32.2. The SMILES string of the molecule is COC(=O)Nc1cc(OC)c(Nc2ncc(C(F)(F)F)c(NCc3ccc(F)cc3N(C)S(C)=O)n2)cc1C. The van der Waals surface area contributed by atoms with Gasteiger partial charge in [-0.2, -0.15) is 18.2 Å². The van der Waals surface area contributed by atoms with Crippen molar-refractivity contribution >= 4 is 45.9 Å².